The summed E-state index contributed by atoms with van der Waals surface area (Å²) in [6, 6.07) is 16.6. The van der Waals surface area contributed by atoms with E-state index in [-0.39, 0.29) is 0 Å². The van der Waals surface area contributed by atoms with Gasteiger partial charge in [-0.2, -0.15) is 0 Å². The van der Waals surface area contributed by atoms with E-state index in [1.54, 1.807) is 22.7 Å². The number of H-pyrrole nitrogens is 1. The molecule has 4 heterocycles. The molecule has 0 aliphatic heterocycles. The summed E-state index contributed by atoms with van der Waals surface area (Å²) in [7, 11) is 0. The Morgan fingerprint density at radius 1 is 0.783 bits per heavy atom. The molecule has 0 atom stereocenters. The van der Waals surface area contributed by atoms with Gasteiger partial charge in [0.2, 0.25) is 0 Å². The van der Waals surface area contributed by atoms with Gasteiger partial charge in [0.25, 0.3) is 0 Å². The summed E-state index contributed by atoms with van der Waals surface area (Å²) < 4.78 is 0. The Labute approximate surface area is 140 Å². The molecule has 0 bridgehead atoms. The molecule has 5 aromatic rings. The maximum Gasteiger partial charge on any atom is 0.172 e. The average Bonchev–Trinajstić information content (AvgIpc) is 3.32. The Morgan fingerprint density at radius 3 is 2.35 bits per heavy atom. The molecule has 5 heteroatoms. The second-order valence-electron chi connectivity index (χ2n) is 5.24. The summed E-state index contributed by atoms with van der Waals surface area (Å²) in [4.78, 5) is 15.4. The van der Waals surface area contributed by atoms with E-state index >= 15 is 0 Å². The summed E-state index contributed by atoms with van der Waals surface area (Å²) in [5.41, 5.74) is 3.00. The molecule has 23 heavy (non-hydrogen) atoms. The van der Waals surface area contributed by atoms with Gasteiger partial charge in [-0.25, -0.2) is 9.97 Å². The molecule has 0 aliphatic carbocycles. The lowest BCUT2D eigenvalue weighted by Crippen LogP contribution is -1.91. The molecular weight excluding hydrogens is 322 g/mol. The van der Waals surface area contributed by atoms with Crippen molar-refractivity contribution in [2.75, 3.05) is 0 Å². The number of nitrogens with one attached hydrogen (secondary N) is 1. The highest BCUT2D eigenvalue weighted by Gasteiger charge is 2.16. The van der Waals surface area contributed by atoms with Crippen molar-refractivity contribution in [1.82, 2.24) is 15.0 Å². The van der Waals surface area contributed by atoms with Crippen molar-refractivity contribution in [2.45, 2.75) is 0 Å². The lowest BCUT2D eigenvalue weighted by atomic mass is 10.1. The minimum Gasteiger partial charge on any atom is -0.339 e. The van der Waals surface area contributed by atoms with Crippen molar-refractivity contribution < 1.29 is 0 Å². The molecule has 0 fully saturated rings. The first-order valence-corrected chi connectivity index (χ1v) is 9.02. The fraction of sp³-hybridized carbons (Fsp3) is 0. The maximum atomic E-state index is 4.90. The number of para-hydroxylation sites is 1. The third-order valence-electron chi connectivity index (χ3n) is 3.85. The van der Waals surface area contributed by atoms with Crippen LogP contribution in [0.25, 0.3) is 43.2 Å². The molecule has 5 rings (SSSR count). The molecule has 0 unspecified atom stereocenters. The van der Waals surface area contributed by atoms with Gasteiger partial charge in [0.05, 0.1) is 20.8 Å². The van der Waals surface area contributed by atoms with Crippen LogP contribution in [-0.2, 0) is 0 Å². The van der Waals surface area contributed by atoms with Crippen molar-refractivity contribution in [1.29, 1.82) is 0 Å². The van der Waals surface area contributed by atoms with Crippen LogP contribution in [0.15, 0.2) is 59.3 Å². The molecule has 1 N–H and O–H groups in total. The number of aromatic nitrogens is 3. The number of hydrogen-bond donors (Lipinski definition) is 1. The number of benzene rings is 1. The van der Waals surface area contributed by atoms with Gasteiger partial charge in [0.1, 0.15) is 5.65 Å². The van der Waals surface area contributed by atoms with Crippen LogP contribution in [0.5, 0.6) is 0 Å². The predicted octanol–water partition coefficient (Wildman–Crippen LogP) is 5.57. The molecule has 0 radical (unpaired) electrons. The third-order valence-corrected chi connectivity index (χ3v) is 5.60. The van der Waals surface area contributed by atoms with Gasteiger partial charge in [0.15, 0.2) is 5.82 Å². The molecule has 0 amide bonds. The fourth-order valence-corrected chi connectivity index (χ4v) is 4.23. The van der Waals surface area contributed by atoms with Crippen LogP contribution in [0.2, 0.25) is 0 Å². The number of fused-ring (bicyclic) bond motifs is 3. The largest absolute Gasteiger partial charge is 0.339 e. The number of nitrogens with zero attached hydrogens (tertiary/aromatic N) is 2. The topological polar surface area (TPSA) is 41.6 Å². The monoisotopic (exact) mass is 333 g/mol. The molecule has 0 saturated carbocycles. The zero-order valence-corrected chi connectivity index (χ0v) is 13.6. The Kier molecular flexibility index (Phi) is 2.83. The first kappa shape index (κ1) is 13.0. The van der Waals surface area contributed by atoms with Crippen LogP contribution in [0.1, 0.15) is 0 Å². The highest BCUT2D eigenvalue weighted by atomic mass is 32.1. The minimum atomic E-state index is 0.780. The maximum absolute atomic E-state index is 4.90. The molecule has 1 aromatic carbocycles. The van der Waals surface area contributed by atoms with E-state index in [0.717, 1.165) is 32.9 Å². The standard InChI is InChI=1S/C18H11N3S2/c1-2-6-12-11(5-1)15-16(13-7-3-9-22-13)20-17(21-18(15)19-12)14-8-4-10-23-14/h1-10H,(H,19,20,21). The van der Waals surface area contributed by atoms with Crippen molar-refractivity contribution in [3.05, 3.63) is 59.3 Å². The lowest BCUT2D eigenvalue weighted by molar-refractivity contribution is 1.23. The van der Waals surface area contributed by atoms with Gasteiger partial charge in [-0.3, -0.25) is 0 Å². The van der Waals surface area contributed by atoms with Crippen LogP contribution in [0.4, 0.5) is 0 Å². The van der Waals surface area contributed by atoms with Gasteiger partial charge in [-0.05, 0) is 29.0 Å². The first-order chi connectivity index (χ1) is 11.4. The van der Waals surface area contributed by atoms with E-state index in [1.165, 1.54) is 10.3 Å². The molecule has 4 aromatic heterocycles. The van der Waals surface area contributed by atoms with E-state index in [1.807, 2.05) is 12.1 Å². The molecule has 0 spiro atoms. The molecule has 110 valence electrons. The van der Waals surface area contributed by atoms with Gasteiger partial charge in [0, 0.05) is 10.9 Å². The normalized spacial score (nSPS) is 11.5. The van der Waals surface area contributed by atoms with Gasteiger partial charge in [-0.1, -0.05) is 30.3 Å². The highest BCUT2D eigenvalue weighted by Crippen LogP contribution is 2.36. The van der Waals surface area contributed by atoms with Crippen molar-refractivity contribution in [3.8, 4) is 21.3 Å². The quantitative estimate of drug-likeness (QED) is 0.459. The summed E-state index contributed by atoms with van der Waals surface area (Å²) in [6.07, 6.45) is 0. The highest BCUT2D eigenvalue weighted by molar-refractivity contribution is 7.14. The zero-order chi connectivity index (χ0) is 15.2. The van der Waals surface area contributed by atoms with Crippen LogP contribution < -0.4 is 0 Å². The summed E-state index contributed by atoms with van der Waals surface area (Å²) >= 11 is 3.37. The number of aromatic amines is 1. The van der Waals surface area contributed by atoms with Crippen LogP contribution in [-0.4, -0.2) is 15.0 Å². The van der Waals surface area contributed by atoms with Gasteiger partial charge < -0.3 is 4.98 Å². The summed E-state index contributed by atoms with van der Waals surface area (Å²) in [5.74, 6) is 0.780. The summed E-state index contributed by atoms with van der Waals surface area (Å²) in [6.45, 7) is 0. The van der Waals surface area contributed by atoms with Crippen molar-refractivity contribution in [2.24, 2.45) is 0 Å². The first-order valence-electron chi connectivity index (χ1n) is 7.26. The molecule has 0 saturated heterocycles. The smallest absolute Gasteiger partial charge is 0.172 e. The van der Waals surface area contributed by atoms with Crippen LogP contribution >= 0.6 is 22.7 Å². The molecular formula is C18H11N3S2. The number of hydrogen-bond acceptors (Lipinski definition) is 4. The zero-order valence-electron chi connectivity index (χ0n) is 12.0. The van der Waals surface area contributed by atoms with E-state index in [4.69, 9.17) is 9.97 Å². The van der Waals surface area contributed by atoms with Crippen LogP contribution in [0, 0.1) is 0 Å². The lowest BCUT2D eigenvalue weighted by Gasteiger charge is -2.04. The number of rotatable bonds is 2. The molecule has 3 nitrogen and oxygen atoms in total. The van der Waals surface area contributed by atoms with E-state index in [0.29, 0.717) is 0 Å². The van der Waals surface area contributed by atoms with E-state index in [9.17, 15) is 0 Å². The number of thiophene rings is 2. The third kappa shape index (κ3) is 2.01. The van der Waals surface area contributed by atoms with Gasteiger partial charge >= 0.3 is 0 Å². The van der Waals surface area contributed by atoms with E-state index < -0.39 is 0 Å². The Morgan fingerprint density at radius 2 is 1.57 bits per heavy atom. The van der Waals surface area contributed by atoms with E-state index in [2.05, 4.69) is 52.1 Å². The van der Waals surface area contributed by atoms with Crippen molar-refractivity contribution >= 4 is 44.6 Å². The Balaban J connectivity index is 1.93. The van der Waals surface area contributed by atoms with Gasteiger partial charge in [-0.15, -0.1) is 22.7 Å². The van der Waals surface area contributed by atoms with Crippen molar-refractivity contribution in [3.63, 3.8) is 0 Å². The molecule has 0 aliphatic rings. The SMILES string of the molecule is c1csc(-c2nc(-c3cccs3)c3c(n2)[nH]c2ccccc23)c1. The minimum absolute atomic E-state index is 0.780. The van der Waals surface area contributed by atoms with Crippen LogP contribution in [0.3, 0.4) is 0 Å². The second-order valence-corrected chi connectivity index (χ2v) is 7.14. The average molecular weight is 333 g/mol. The fourth-order valence-electron chi connectivity index (χ4n) is 2.85. The Bertz CT molecular complexity index is 1110. The second kappa shape index (κ2) is 5.01. The predicted molar refractivity (Wildman–Crippen MR) is 98.0 cm³/mol. The summed E-state index contributed by atoms with van der Waals surface area (Å²) in [5, 5.41) is 6.41. The Hall–Kier alpha value is -2.50.